The van der Waals surface area contributed by atoms with Gasteiger partial charge in [-0.2, -0.15) is 0 Å². The van der Waals surface area contributed by atoms with Crippen LogP contribution in [0.5, 0.6) is 0 Å². The molecule has 20 heavy (non-hydrogen) atoms. The Labute approximate surface area is 119 Å². The van der Waals surface area contributed by atoms with Crippen molar-refractivity contribution < 1.29 is 9.53 Å². The Balaban J connectivity index is 2.27. The van der Waals surface area contributed by atoms with E-state index in [-0.39, 0.29) is 18.6 Å². The van der Waals surface area contributed by atoms with Crippen molar-refractivity contribution in [3.8, 4) is 0 Å². The van der Waals surface area contributed by atoms with Crippen LogP contribution >= 0.6 is 0 Å². The predicted molar refractivity (Wildman–Crippen MR) is 76.0 cm³/mol. The van der Waals surface area contributed by atoms with E-state index in [1.165, 1.54) is 4.68 Å². The van der Waals surface area contributed by atoms with Crippen molar-refractivity contribution in [2.45, 2.75) is 52.3 Å². The first-order valence-corrected chi connectivity index (χ1v) is 6.87. The van der Waals surface area contributed by atoms with Crippen LogP contribution in [-0.4, -0.2) is 40.2 Å². The van der Waals surface area contributed by atoms with E-state index in [4.69, 9.17) is 10.5 Å². The van der Waals surface area contributed by atoms with Gasteiger partial charge in [-0.25, -0.2) is 4.68 Å². The van der Waals surface area contributed by atoms with Gasteiger partial charge in [0.05, 0.1) is 17.8 Å². The summed E-state index contributed by atoms with van der Waals surface area (Å²) < 4.78 is 6.88. The largest absolute Gasteiger partial charge is 0.379 e. The Bertz CT molecular complexity index is 423. The summed E-state index contributed by atoms with van der Waals surface area (Å²) in [6.45, 7) is 9.04. The molecule has 0 saturated heterocycles. The van der Waals surface area contributed by atoms with E-state index in [0.717, 1.165) is 6.42 Å². The van der Waals surface area contributed by atoms with E-state index in [9.17, 15) is 4.79 Å². The second-order valence-electron chi connectivity index (χ2n) is 5.65. The van der Waals surface area contributed by atoms with Crippen molar-refractivity contribution in [1.29, 1.82) is 0 Å². The summed E-state index contributed by atoms with van der Waals surface area (Å²) in [6, 6.07) is 0. The molecule has 0 unspecified atom stereocenters. The Kier molecular flexibility index (Phi) is 6.09. The van der Waals surface area contributed by atoms with Crippen LogP contribution < -0.4 is 11.1 Å². The third-order valence-electron chi connectivity index (χ3n) is 2.60. The first-order chi connectivity index (χ1) is 9.29. The number of nitrogens with zero attached hydrogens (tertiary/aromatic N) is 3. The molecule has 0 fully saturated rings. The number of hydrogen-bond acceptors (Lipinski definition) is 5. The summed E-state index contributed by atoms with van der Waals surface area (Å²) in [5.74, 6) is -0.0965. The zero-order valence-electron chi connectivity index (χ0n) is 12.7. The van der Waals surface area contributed by atoms with Gasteiger partial charge >= 0.3 is 0 Å². The summed E-state index contributed by atoms with van der Waals surface area (Å²) in [6.07, 6.45) is 2.71. The average molecular weight is 283 g/mol. The first-order valence-electron chi connectivity index (χ1n) is 6.87. The zero-order chi connectivity index (χ0) is 15.2. The molecule has 1 rings (SSSR count). The van der Waals surface area contributed by atoms with Gasteiger partial charge < -0.3 is 15.8 Å². The Morgan fingerprint density at radius 1 is 1.55 bits per heavy atom. The highest BCUT2D eigenvalue weighted by molar-refractivity contribution is 5.75. The maximum Gasteiger partial charge on any atom is 0.241 e. The monoisotopic (exact) mass is 283 g/mol. The normalized spacial score (nSPS) is 11.9. The van der Waals surface area contributed by atoms with Crippen LogP contribution in [0, 0.1) is 0 Å². The van der Waals surface area contributed by atoms with Crippen molar-refractivity contribution in [3.05, 3.63) is 11.9 Å². The van der Waals surface area contributed by atoms with Gasteiger partial charge in [0.25, 0.3) is 0 Å². The number of aromatic nitrogens is 3. The minimum atomic E-state index is -0.553. The Morgan fingerprint density at radius 2 is 2.25 bits per heavy atom. The Morgan fingerprint density at radius 3 is 2.80 bits per heavy atom. The van der Waals surface area contributed by atoms with Crippen molar-refractivity contribution in [3.63, 3.8) is 0 Å². The maximum absolute atomic E-state index is 11.7. The minimum absolute atomic E-state index is 0.0965. The summed E-state index contributed by atoms with van der Waals surface area (Å²) >= 11 is 0. The molecule has 0 radical (unpaired) electrons. The number of amides is 1. The fourth-order valence-electron chi connectivity index (χ4n) is 1.49. The number of nitrogens with one attached hydrogen (secondary N) is 1. The van der Waals surface area contributed by atoms with Gasteiger partial charge in [-0.1, -0.05) is 5.21 Å². The third kappa shape index (κ3) is 6.12. The number of ether oxygens (including phenoxy) is 1. The second-order valence-corrected chi connectivity index (χ2v) is 5.65. The van der Waals surface area contributed by atoms with E-state index < -0.39 is 5.54 Å². The highest BCUT2D eigenvalue weighted by Gasteiger charge is 2.18. The van der Waals surface area contributed by atoms with Gasteiger partial charge in [0.2, 0.25) is 5.91 Å². The SMILES string of the molecule is CC(C)OCCCNC(=O)Cn1cc(C(C)(C)N)nn1. The lowest BCUT2D eigenvalue weighted by atomic mass is 10.0. The maximum atomic E-state index is 11.7. The molecule has 1 amide bonds. The van der Waals surface area contributed by atoms with Gasteiger partial charge in [-0.05, 0) is 34.1 Å². The van der Waals surface area contributed by atoms with E-state index in [2.05, 4.69) is 15.6 Å². The molecular weight excluding hydrogens is 258 g/mol. The number of carbonyl (C=O) groups excluding carboxylic acids is 1. The van der Waals surface area contributed by atoms with Gasteiger partial charge in [0.15, 0.2) is 0 Å². The lowest BCUT2D eigenvalue weighted by Gasteiger charge is -2.13. The molecule has 1 aromatic rings. The van der Waals surface area contributed by atoms with Crippen LogP contribution in [0.25, 0.3) is 0 Å². The van der Waals surface area contributed by atoms with Crippen LogP contribution in [0.2, 0.25) is 0 Å². The van der Waals surface area contributed by atoms with E-state index in [1.807, 2.05) is 27.7 Å². The van der Waals surface area contributed by atoms with E-state index >= 15 is 0 Å². The highest BCUT2D eigenvalue weighted by atomic mass is 16.5. The Hall–Kier alpha value is -1.47. The van der Waals surface area contributed by atoms with Crippen molar-refractivity contribution in [1.82, 2.24) is 20.3 Å². The topological polar surface area (TPSA) is 95.1 Å². The first kappa shape index (κ1) is 16.6. The summed E-state index contributed by atoms with van der Waals surface area (Å²) in [5, 5.41) is 10.7. The van der Waals surface area contributed by atoms with Gasteiger partial charge in [0, 0.05) is 13.2 Å². The molecule has 0 aliphatic heterocycles. The molecule has 0 aromatic carbocycles. The molecule has 0 atom stereocenters. The predicted octanol–water partition coefficient (Wildman–Crippen LogP) is 0.403. The molecule has 0 aliphatic rings. The number of nitrogens with two attached hydrogens (primary N) is 1. The van der Waals surface area contributed by atoms with Crippen molar-refractivity contribution in [2.24, 2.45) is 5.73 Å². The third-order valence-corrected chi connectivity index (χ3v) is 2.60. The lowest BCUT2D eigenvalue weighted by molar-refractivity contribution is -0.121. The fourth-order valence-corrected chi connectivity index (χ4v) is 1.49. The van der Waals surface area contributed by atoms with Crippen LogP contribution in [0.3, 0.4) is 0 Å². The fraction of sp³-hybridized carbons (Fsp3) is 0.769. The molecule has 1 aromatic heterocycles. The van der Waals surface area contributed by atoms with Crippen molar-refractivity contribution in [2.75, 3.05) is 13.2 Å². The molecule has 0 saturated carbocycles. The molecule has 114 valence electrons. The molecule has 1 heterocycles. The van der Waals surface area contributed by atoms with Crippen LogP contribution in [0.15, 0.2) is 6.20 Å². The standard InChI is InChI=1S/C13H25N5O2/c1-10(2)20-7-5-6-15-12(19)9-18-8-11(16-17-18)13(3,4)14/h8,10H,5-7,9,14H2,1-4H3,(H,15,19). The lowest BCUT2D eigenvalue weighted by Crippen LogP contribution is -2.30. The zero-order valence-corrected chi connectivity index (χ0v) is 12.7. The van der Waals surface area contributed by atoms with Gasteiger partial charge in [-0.3, -0.25) is 4.79 Å². The van der Waals surface area contributed by atoms with Crippen LogP contribution in [0.4, 0.5) is 0 Å². The molecule has 0 bridgehead atoms. The number of rotatable bonds is 8. The molecule has 7 heteroatoms. The summed E-state index contributed by atoms with van der Waals surface area (Å²) in [7, 11) is 0. The molecule has 7 nitrogen and oxygen atoms in total. The minimum Gasteiger partial charge on any atom is -0.379 e. The van der Waals surface area contributed by atoms with Crippen LogP contribution in [0.1, 0.15) is 39.8 Å². The highest BCUT2D eigenvalue weighted by Crippen LogP contribution is 2.12. The smallest absolute Gasteiger partial charge is 0.241 e. The van der Waals surface area contributed by atoms with Crippen molar-refractivity contribution >= 4 is 5.91 Å². The molecular formula is C13H25N5O2. The molecule has 3 N–H and O–H groups in total. The van der Waals surface area contributed by atoms with E-state index in [0.29, 0.717) is 18.8 Å². The van der Waals surface area contributed by atoms with Gasteiger partial charge in [0.1, 0.15) is 12.2 Å². The summed E-state index contributed by atoms with van der Waals surface area (Å²) in [4.78, 5) is 11.7. The quantitative estimate of drug-likeness (QED) is 0.673. The molecule has 0 aliphatic carbocycles. The average Bonchev–Trinajstić information content (AvgIpc) is 2.76. The van der Waals surface area contributed by atoms with Gasteiger partial charge in [-0.15, -0.1) is 5.10 Å². The van der Waals surface area contributed by atoms with Crippen LogP contribution in [-0.2, 0) is 21.6 Å². The number of hydrogen-bond donors (Lipinski definition) is 2. The number of carbonyl (C=O) groups is 1. The molecule has 0 spiro atoms. The second kappa shape index (κ2) is 7.35. The summed E-state index contributed by atoms with van der Waals surface area (Å²) in [5.41, 5.74) is 6.02. The van der Waals surface area contributed by atoms with E-state index in [1.54, 1.807) is 6.20 Å².